The van der Waals surface area contributed by atoms with Crippen molar-refractivity contribution in [3.8, 4) is 0 Å². The van der Waals surface area contributed by atoms with Crippen LogP contribution in [0, 0.1) is 0 Å². The van der Waals surface area contributed by atoms with E-state index >= 15 is 0 Å². The van der Waals surface area contributed by atoms with Crippen LogP contribution in [0.25, 0.3) is 0 Å². The van der Waals surface area contributed by atoms with Crippen LogP contribution >= 0.6 is 0 Å². The fraction of sp³-hybridized carbons (Fsp3) is 1.00. The van der Waals surface area contributed by atoms with E-state index in [1.165, 1.54) is 0 Å². The van der Waals surface area contributed by atoms with Crippen LogP contribution in [0.1, 0.15) is 71.1 Å². The van der Waals surface area contributed by atoms with Crippen molar-refractivity contribution in [2.75, 3.05) is 6.54 Å². The van der Waals surface area contributed by atoms with E-state index in [1.54, 1.807) is 0 Å². The average molecular weight is 667 g/mol. The van der Waals surface area contributed by atoms with Crippen LogP contribution in [0.15, 0.2) is 0 Å². The largest absolute Gasteiger partial charge is 0.460 e. The Balaban J connectivity index is 5.76. The number of hydrogen-bond acceptors (Lipinski definition) is 2. The summed E-state index contributed by atoms with van der Waals surface area (Å²) in [6.07, 6.45) is -1.91. The standard InChI is InChI=1S/C20H26F17NO2S/c1-2-3-4-5-6-7-8-9-10-11-12-38-41(39,40)20(36,37)18(31,32)16(27,28)14(23,24)13(21,22)15(25,26)17(29,30)19(33,34)35/h38H,2-12H2,1H3. The molecule has 0 aliphatic heterocycles. The highest BCUT2D eigenvalue weighted by molar-refractivity contribution is 7.90. The Morgan fingerprint density at radius 3 is 1.07 bits per heavy atom. The molecular formula is C20H26F17NO2S. The summed E-state index contributed by atoms with van der Waals surface area (Å²) in [5, 5.41) is -7.51. The fourth-order valence-corrected chi connectivity index (χ4v) is 4.29. The summed E-state index contributed by atoms with van der Waals surface area (Å²) < 4.78 is 249. The van der Waals surface area contributed by atoms with E-state index in [0.717, 1.165) is 32.1 Å². The summed E-state index contributed by atoms with van der Waals surface area (Å²) in [6.45, 7) is 0.774. The third-order valence-electron chi connectivity index (χ3n) is 5.85. The van der Waals surface area contributed by atoms with Gasteiger partial charge in [-0.3, -0.25) is 0 Å². The van der Waals surface area contributed by atoms with Crippen molar-refractivity contribution in [3.63, 3.8) is 0 Å². The van der Waals surface area contributed by atoms with Gasteiger partial charge in [-0.2, -0.15) is 74.6 Å². The molecule has 0 saturated carbocycles. The molecule has 21 heteroatoms. The second-order valence-corrected chi connectivity index (χ2v) is 10.8. The monoisotopic (exact) mass is 667 g/mol. The van der Waals surface area contributed by atoms with Crippen molar-refractivity contribution in [1.82, 2.24) is 4.72 Å². The molecule has 1 N–H and O–H groups in total. The van der Waals surface area contributed by atoms with Crippen LogP contribution in [0.2, 0.25) is 0 Å². The first-order chi connectivity index (χ1) is 18.1. The molecule has 41 heavy (non-hydrogen) atoms. The molecule has 0 aliphatic carbocycles. The summed E-state index contributed by atoms with van der Waals surface area (Å²) in [5.41, 5.74) is 0. The van der Waals surface area contributed by atoms with Gasteiger partial charge in [0.1, 0.15) is 0 Å². The molecule has 0 amide bonds. The molecule has 0 radical (unpaired) electrons. The zero-order valence-corrected chi connectivity index (χ0v) is 21.7. The highest BCUT2D eigenvalue weighted by atomic mass is 32.2. The third kappa shape index (κ3) is 7.27. The van der Waals surface area contributed by atoms with Gasteiger partial charge in [-0.1, -0.05) is 64.7 Å². The van der Waals surface area contributed by atoms with Crippen molar-refractivity contribution in [2.45, 2.75) is 118 Å². The van der Waals surface area contributed by atoms with Crippen LogP contribution in [0.4, 0.5) is 74.6 Å². The molecule has 0 aromatic heterocycles. The minimum atomic E-state index is -8.82. The topological polar surface area (TPSA) is 46.2 Å². The lowest BCUT2D eigenvalue weighted by Gasteiger charge is -2.42. The normalized spacial score (nSPS) is 15.5. The Kier molecular flexibility index (Phi) is 12.7. The quantitative estimate of drug-likeness (QED) is 0.111. The van der Waals surface area contributed by atoms with Crippen LogP contribution < -0.4 is 4.72 Å². The lowest BCUT2D eigenvalue weighted by molar-refractivity contribution is -0.458. The van der Waals surface area contributed by atoms with Crippen LogP contribution in [0.3, 0.4) is 0 Å². The number of halogens is 17. The van der Waals surface area contributed by atoms with Gasteiger partial charge in [-0.15, -0.1) is 0 Å². The number of sulfonamides is 1. The van der Waals surface area contributed by atoms with Crippen molar-refractivity contribution in [2.24, 2.45) is 0 Å². The van der Waals surface area contributed by atoms with E-state index in [-0.39, 0.29) is 6.42 Å². The van der Waals surface area contributed by atoms with Gasteiger partial charge >= 0.3 is 47.0 Å². The van der Waals surface area contributed by atoms with Crippen LogP contribution in [0.5, 0.6) is 0 Å². The first-order valence-corrected chi connectivity index (χ1v) is 13.2. The fourth-order valence-electron chi connectivity index (χ4n) is 3.23. The molecule has 0 saturated heterocycles. The average Bonchev–Trinajstić information content (AvgIpc) is 2.80. The van der Waals surface area contributed by atoms with Gasteiger partial charge in [0.15, 0.2) is 0 Å². The Morgan fingerprint density at radius 1 is 0.439 bits per heavy atom. The van der Waals surface area contributed by atoms with E-state index in [4.69, 9.17) is 0 Å². The van der Waals surface area contributed by atoms with Crippen molar-refractivity contribution in [3.05, 3.63) is 0 Å². The predicted molar refractivity (Wildman–Crippen MR) is 109 cm³/mol. The summed E-state index contributed by atoms with van der Waals surface area (Å²) in [5.74, 6) is -51.5. The van der Waals surface area contributed by atoms with Gasteiger partial charge in [0.25, 0.3) is 10.0 Å². The van der Waals surface area contributed by atoms with Gasteiger partial charge in [-0.05, 0) is 6.42 Å². The predicted octanol–water partition coefficient (Wildman–Crippen LogP) is 8.79. The lowest BCUT2D eigenvalue weighted by atomic mass is 9.91. The molecule has 0 heterocycles. The molecule has 0 unspecified atom stereocenters. The third-order valence-corrected chi connectivity index (χ3v) is 7.37. The molecule has 0 aliphatic rings. The van der Waals surface area contributed by atoms with Crippen molar-refractivity contribution >= 4 is 10.0 Å². The van der Waals surface area contributed by atoms with E-state index in [0.29, 0.717) is 24.0 Å². The molecule has 248 valence electrons. The van der Waals surface area contributed by atoms with Gasteiger partial charge in [0, 0.05) is 6.54 Å². The van der Waals surface area contributed by atoms with E-state index in [2.05, 4.69) is 0 Å². The smallest absolute Gasteiger partial charge is 0.210 e. The molecule has 0 spiro atoms. The van der Waals surface area contributed by atoms with Crippen molar-refractivity contribution in [1.29, 1.82) is 0 Å². The van der Waals surface area contributed by atoms with E-state index in [1.807, 2.05) is 6.92 Å². The molecule has 0 aromatic carbocycles. The van der Waals surface area contributed by atoms with Crippen molar-refractivity contribution < 1.29 is 83.1 Å². The van der Waals surface area contributed by atoms with Gasteiger partial charge in [-0.25, -0.2) is 13.1 Å². The van der Waals surface area contributed by atoms with Gasteiger partial charge < -0.3 is 0 Å². The molecular weight excluding hydrogens is 641 g/mol. The SMILES string of the molecule is CCCCCCCCCCCCNS(=O)(=O)C(F)(F)C(F)(F)C(F)(F)C(F)(F)C(F)(F)C(F)(F)C(F)(F)C(F)(F)F. The number of rotatable bonds is 19. The van der Waals surface area contributed by atoms with Gasteiger partial charge in [0.2, 0.25) is 0 Å². The summed E-state index contributed by atoms with van der Waals surface area (Å²) in [4.78, 5) is 0. The van der Waals surface area contributed by atoms with Gasteiger partial charge in [0.05, 0.1) is 0 Å². The first-order valence-electron chi connectivity index (χ1n) is 11.8. The minimum absolute atomic E-state index is 0.0440. The second kappa shape index (κ2) is 13.2. The molecule has 0 atom stereocenters. The summed E-state index contributed by atoms with van der Waals surface area (Å²) in [7, 11) is -7.21. The maximum absolute atomic E-state index is 13.9. The molecule has 0 fully saturated rings. The summed E-state index contributed by atoms with van der Waals surface area (Å²) >= 11 is 0. The maximum Gasteiger partial charge on any atom is 0.460 e. The zero-order valence-electron chi connectivity index (χ0n) is 20.9. The van der Waals surface area contributed by atoms with Crippen LogP contribution in [-0.2, 0) is 10.0 Å². The molecule has 0 aromatic rings. The Labute approximate surface area is 223 Å². The Bertz CT molecular complexity index is 933. The number of nitrogens with one attached hydrogen (secondary N) is 1. The summed E-state index contributed by atoms with van der Waals surface area (Å²) in [6, 6.07) is 0. The zero-order chi connectivity index (χ0) is 33.0. The number of hydrogen-bond donors (Lipinski definition) is 1. The Morgan fingerprint density at radius 2 is 0.732 bits per heavy atom. The lowest BCUT2D eigenvalue weighted by Crippen LogP contribution is -2.75. The highest BCUT2D eigenvalue weighted by Crippen LogP contribution is 2.64. The van der Waals surface area contributed by atoms with Crippen LogP contribution in [-0.4, -0.2) is 61.9 Å². The molecule has 3 nitrogen and oxygen atoms in total. The number of alkyl halides is 17. The second-order valence-electron chi connectivity index (χ2n) is 9.04. The first kappa shape index (κ1) is 39.7. The minimum Gasteiger partial charge on any atom is -0.210 e. The molecule has 0 bridgehead atoms. The number of unbranched alkanes of at least 4 members (excludes halogenated alkanes) is 9. The highest BCUT2D eigenvalue weighted by Gasteiger charge is 2.96. The van der Waals surface area contributed by atoms with E-state index in [9.17, 15) is 83.1 Å². The Hall–Kier alpha value is -1.28. The molecule has 0 rings (SSSR count). The van der Waals surface area contributed by atoms with E-state index < -0.39 is 70.0 Å². The maximum atomic E-state index is 13.9.